The lowest BCUT2D eigenvalue weighted by Crippen LogP contribution is -2.45. The van der Waals surface area contributed by atoms with Crippen molar-refractivity contribution in [2.24, 2.45) is 4.99 Å². The van der Waals surface area contributed by atoms with Gasteiger partial charge in [0.15, 0.2) is 0 Å². The lowest BCUT2D eigenvalue weighted by molar-refractivity contribution is -0.0980. The highest BCUT2D eigenvalue weighted by Crippen LogP contribution is 2.26. The first kappa shape index (κ1) is 32.6. The summed E-state index contributed by atoms with van der Waals surface area (Å²) in [6.45, 7) is 18.9. The summed E-state index contributed by atoms with van der Waals surface area (Å²) >= 11 is 6.08. The number of benzene rings is 1. The second kappa shape index (κ2) is 17.9. The van der Waals surface area contributed by atoms with E-state index in [0.717, 1.165) is 78.9 Å². The number of carbonyl (C=O) groups excluding carboxylic acids is 1. The van der Waals surface area contributed by atoms with Crippen LogP contribution < -0.4 is 10.2 Å². The number of amidine groups is 1. The van der Waals surface area contributed by atoms with Crippen LogP contribution in [0.5, 0.6) is 0 Å². The third-order valence-electron chi connectivity index (χ3n) is 6.03. The van der Waals surface area contributed by atoms with E-state index in [-0.39, 0.29) is 0 Å². The van der Waals surface area contributed by atoms with E-state index in [4.69, 9.17) is 26.5 Å². The number of aliphatic imine (C=N–C) groups is 1. The fourth-order valence-electron chi connectivity index (χ4n) is 3.97. The fraction of sp³-hybridized carbons (Fsp3) is 0.367. The minimum atomic E-state index is 0.619. The van der Waals surface area contributed by atoms with E-state index < -0.39 is 0 Å². The van der Waals surface area contributed by atoms with Gasteiger partial charge >= 0.3 is 0 Å². The van der Waals surface area contributed by atoms with E-state index in [1.54, 1.807) is 0 Å². The number of hydrogen-bond acceptors (Lipinski definition) is 7. The lowest BCUT2D eigenvalue weighted by atomic mass is 10.1. The van der Waals surface area contributed by atoms with E-state index >= 15 is 0 Å². The van der Waals surface area contributed by atoms with Crippen LogP contribution in [-0.4, -0.2) is 60.9 Å². The Balaban J connectivity index is 0.00000112. The van der Waals surface area contributed by atoms with Crippen molar-refractivity contribution in [2.45, 2.75) is 40.7 Å². The van der Waals surface area contributed by atoms with Gasteiger partial charge in [0.2, 0.25) is 0 Å². The summed E-state index contributed by atoms with van der Waals surface area (Å²) in [5.41, 5.74) is 5.55. The average Bonchev–Trinajstić information content (AvgIpc) is 3.00. The topological polar surface area (TPSA) is 81.1 Å². The molecule has 0 unspecified atom stereocenters. The predicted molar refractivity (Wildman–Crippen MR) is 162 cm³/mol. The van der Waals surface area contributed by atoms with Crippen LogP contribution >= 0.6 is 11.6 Å². The zero-order valence-electron chi connectivity index (χ0n) is 23.4. The molecule has 0 aliphatic carbocycles. The zero-order valence-corrected chi connectivity index (χ0v) is 24.1. The molecule has 1 saturated heterocycles. The summed E-state index contributed by atoms with van der Waals surface area (Å²) in [6.07, 6.45) is 9.40. The smallest absolute Gasteiger partial charge is 0.134 e. The number of aromatic nitrogens is 1. The number of anilines is 2. The maximum atomic E-state index is 8.00. The molecule has 8 heteroatoms. The second-order valence-corrected chi connectivity index (χ2v) is 8.45. The molecule has 0 saturated carbocycles. The van der Waals surface area contributed by atoms with Gasteiger partial charge in [0.1, 0.15) is 18.4 Å². The minimum absolute atomic E-state index is 0.619. The number of allylic oxidation sites excluding steroid dienone is 4. The Kier molecular flexibility index (Phi) is 15.4. The molecule has 0 amide bonds. The number of pyridine rings is 1. The van der Waals surface area contributed by atoms with Crippen molar-refractivity contribution >= 4 is 35.7 Å². The fourth-order valence-corrected chi connectivity index (χ4v) is 4.17. The molecule has 0 atom stereocenters. The highest BCUT2D eigenvalue weighted by atomic mass is 35.5. The van der Waals surface area contributed by atoms with Crippen molar-refractivity contribution in [3.63, 3.8) is 0 Å². The van der Waals surface area contributed by atoms with Gasteiger partial charge in [0, 0.05) is 61.5 Å². The van der Waals surface area contributed by atoms with Crippen molar-refractivity contribution in [2.75, 3.05) is 43.5 Å². The van der Waals surface area contributed by atoms with Gasteiger partial charge in [-0.25, -0.2) is 4.98 Å². The third-order valence-corrected chi connectivity index (χ3v) is 6.26. The molecule has 2 N–H and O–H groups in total. The molecular weight excluding hydrogens is 498 g/mol. The number of nitrogens with zero attached hydrogens (tertiary/aromatic N) is 4. The van der Waals surface area contributed by atoms with Crippen LogP contribution in [0.4, 0.5) is 11.5 Å². The molecule has 1 fully saturated rings. The number of rotatable bonds is 6. The van der Waals surface area contributed by atoms with Crippen molar-refractivity contribution in [3.8, 4) is 0 Å². The molecule has 3 heterocycles. The van der Waals surface area contributed by atoms with Crippen molar-refractivity contribution in [3.05, 3.63) is 88.8 Å². The Morgan fingerprint density at radius 2 is 1.79 bits per heavy atom. The maximum absolute atomic E-state index is 8.00. The van der Waals surface area contributed by atoms with E-state index in [2.05, 4.69) is 70.9 Å². The molecule has 2 aliphatic rings. The number of hydrogen-bond donors (Lipinski definition) is 2. The molecule has 0 bridgehead atoms. The first-order chi connectivity index (χ1) is 18.6. The molecule has 4 rings (SSSR count). The van der Waals surface area contributed by atoms with E-state index in [1.807, 2.05) is 45.0 Å². The molecular formula is C30H42ClN5O2. The normalized spacial score (nSPS) is 14.4. The van der Waals surface area contributed by atoms with Gasteiger partial charge in [0.05, 0.1) is 6.54 Å². The number of halogens is 1. The molecule has 206 valence electrons. The summed E-state index contributed by atoms with van der Waals surface area (Å²) in [5, 5.41) is 11.1. The molecule has 1 aromatic carbocycles. The quantitative estimate of drug-likeness (QED) is 0.431. The Labute approximate surface area is 233 Å². The van der Waals surface area contributed by atoms with Crippen LogP contribution in [0, 0.1) is 0 Å². The van der Waals surface area contributed by atoms with Gasteiger partial charge in [-0.15, -0.1) is 0 Å². The van der Waals surface area contributed by atoms with E-state index in [1.165, 1.54) is 5.57 Å². The number of piperazine rings is 1. The monoisotopic (exact) mass is 539 g/mol. The lowest BCUT2D eigenvalue weighted by Gasteiger charge is -2.37. The van der Waals surface area contributed by atoms with Gasteiger partial charge < -0.3 is 25.0 Å². The number of aliphatic hydroxyl groups is 1. The van der Waals surface area contributed by atoms with Crippen LogP contribution in [0.3, 0.4) is 0 Å². The van der Waals surface area contributed by atoms with Gasteiger partial charge in [-0.05, 0) is 55.3 Å². The van der Waals surface area contributed by atoms with E-state index in [9.17, 15) is 0 Å². The number of fused-ring (bicyclic) bond motifs is 1. The number of nitrogens with one attached hydrogen (secondary N) is 1. The molecule has 2 aliphatic heterocycles. The Morgan fingerprint density at radius 1 is 1.11 bits per heavy atom. The molecule has 0 radical (unpaired) electrons. The second-order valence-electron chi connectivity index (χ2n) is 8.01. The SMILES string of the molecule is C=C(/C=C\C(=C/C)CC)N1CCN(c2ccc(C3=NCc4cc(Cl)ccc4N3)cn2)CC1.C=O.CC.CO. The summed E-state index contributed by atoms with van der Waals surface area (Å²) in [4.78, 5) is 22.1. The number of carbonyl (C=O) groups is 1. The molecule has 1 aromatic heterocycles. The van der Waals surface area contributed by atoms with Gasteiger partial charge in [-0.1, -0.05) is 56.7 Å². The Morgan fingerprint density at radius 3 is 2.37 bits per heavy atom. The summed E-state index contributed by atoms with van der Waals surface area (Å²) in [6, 6.07) is 10.0. The van der Waals surface area contributed by atoms with Crippen LogP contribution in [0.2, 0.25) is 5.02 Å². The maximum Gasteiger partial charge on any atom is 0.134 e. The van der Waals surface area contributed by atoms with Crippen LogP contribution in [-0.2, 0) is 11.3 Å². The Hall–Kier alpha value is -3.42. The summed E-state index contributed by atoms with van der Waals surface area (Å²) < 4.78 is 0. The van der Waals surface area contributed by atoms with Gasteiger partial charge in [0.25, 0.3) is 0 Å². The standard InChI is InChI=1S/C26H30ClN5.C2H6.CH4O.CH2O/c1-4-20(5-2)7-6-19(3)31-12-14-32(15-13-31)25-11-8-21(17-28-25)26-29-18-22-16-23(27)9-10-24(22)30-26;3*1-2/h4,6-11,16-17H,3,5,12-15,18H2,1-2H3,(H,29,30);1-2H3;2H,1H3;1H2/b7-6-,20-4-;;;. The first-order valence-electron chi connectivity index (χ1n) is 12.9. The summed E-state index contributed by atoms with van der Waals surface area (Å²) in [7, 11) is 1.00. The zero-order chi connectivity index (χ0) is 28.5. The van der Waals surface area contributed by atoms with E-state index in [0.29, 0.717) is 6.54 Å². The number of aliphatic hydroxyl groups excluding tert-OH is 1. The first-order valence-corrected chi connectivity index (χ1v) is 13.3. The molecule has 38 heavy (non-hydrogen) atoms. The van der Waals surface area contributed by atoms with Crippen molar-refractivity contribution in [1.82, 2.24) is 9.88 Å². The third kappa shape index (κ3) is 9.15. The molecule has 0 spiro atoms. The van der Waals surface area contributed by atoms with Crippen LogP contribution in [0.15, 0.2) is 77.6 Å². The predicted octanol–water partition coefficient (Wildman–Crippen LogP) is 6.11. The van der Waals surface area contributed by atoms with Crippen molar-refractivity contribution in [1.29, 1.82) is 0 Å². The largest absolute Gasteiger partial charge is 0.400 e. The van der Waals surface area contributed by atoms with Gasteiger partial charge in [-0.2, -0.15) is 0 Å². The van der Waals surface area contributed by atoms with Crippen molar-refractivity contribution < 1.29 is 9.90 Å². The molecule has 7 nitrogen and oxygen atoms in total. The summed E-state index contributed by atoms with van der Waals surface area (Å²) in [5.74, 6) is 1.85. The van der Waals surface area contributed by atoms with Crippen LogP contribution in [0.25, 0.3) is 0 Å². The van der Waals surface area contributed by atoms with Gasteiger partial charge in [-0.3, -0.25) is 4.99 Å². The minimum Gasteiger partial charge on any atom is -0.400 e. The Bertz CT molecular complexity index is 1090. The highest BCUT2D eigenvalue weighted by molar-refractivity contribution is 6.30. The average molecular weight is 540 g/mol. The van der Waals surface area contributed by atoms with Crippen LogP contribution in [0.1, 0.15) is 45.2 Å². The highest BCUT2D eigenvalue weighted by Gasteiger charge is 2.19. The molecule has 2 aromatic rings.